The Morgan fingerprint density at radius 3 is 2.88 bits per heavy atom. The lowest BCUT2D eigenvalue weighted by Crippen LogP contribution is -2.14. The second kappa shape index (κ2) is 6.06. The number of thiophene rings is 1. The van der Waals surface area contributed by atoms with Gasteiger partial charge in [-0.15, -0.1) is 11.3 Å². The van der Waals surface area contributed by atoms with Gasteiger partial charge in [0.25, 0.3) is 5.56 Å². The van der Waals surface area contributed by atoms with Crippen molar-refractivity contribution in [2.75, 3.05) is 7.11 Å². The molecule has 3 aromatic rings. The second-order valence-corrected chi connectivity index (χ2v) is 7.65. The van der Waals surface area contributed by atoms with Crippen molar-refractivity contribution in [3.63, 3.8) is 0 Å². The molecule has 124 valence electrons. The lowest BCUT2D eigenvalue weighted by Gasteiger charge is -2.17. The zero-order chi connectivity index (χ0) is 16.7. The van der Waals surface area contributed by atoms with Gasteiger partial charge in [0.05, 0.1) is 12.5 Å². The molecule has 1 unspecified atom stereocenters. The summed E-state index contributed by atoms with van der Waals surface area (Å²) >= 11 is 1.70. The number of aryl methyl sites for hydroxylation is 1. The fraction of sp³-hybridized carbons (Fsp3) is 0.368. The number of benzene rings is 1. The fourth-order valence-electron chi connectivity index (χ4n) is 3.41. The summed E-state index contributed by atoms with van der Waals surface area (Å²) in [5.41, 5.74) is 2.35. The first-order valence-corrected chi connectivity index (χ1v) is 9.12. The van der Waals surface area contributed by atoms with Crippen LogP contribution >= 0.6 is 11.3 Å². The van der Waals surface area contributed by atoms with E-state index in [0.717, 1.165) is 46.6 Å². The molecule has 1 N–H and O–H groups in total. The smallest absolute Gasteiger partial charge is 0.259 e. The van der Waals surface area contributed by atoms with Gasteiger partial charge in [0.2, 0.25) is 0 Å². The molecule has 0 fully saturated rings. The average Bonchev–Trinajstić information content (AvgIpc) is 2.93. The third-order valence-corrected chi connectivity index (χ3v) is 5.89. The number of hydrogen-bond acceptors (Lipinski definition) is 4. The first kappa shape index (κ1) is 15.4. The number of rotatable bonds is 3. The molecule has 1 atom stereocenters. The molecule has 4 rings (SSSR count). The molecule has 5 heteroatoms. The SMILES string of the molecule is COc1ccc(Cc2nc3sc4c(c3c(=O)[nH]2)CCC(C)C4)cc1. The Bertz CT molecular complexity index is 940. The summed E-state index contributed by atoms with van der Waals surface area (Å²) in [6.45, 7) is 2.28. The summed E-state index contributed by atoms with van der Waals surface area (Å²) in [5, 5.41) is 0.820. The highest BCUT2D eigenvalue weighted by molar-refractivity contribution is 7.18. The van der Waals surface area contributed by atoms with Crippen LogP contribution < -0.4 is 10.3 Å². The van der Waals surface area contributed by atoms with E-state index in [-0.39, 0.29) is 5.56 Å². The highest BCUT2D eigenvalue weighted by Crippen LogP contribution is 2.35. The van der Waals surface area contributed by atoms with E-state index < -0.39 is 0 Å². The molecular formula is C19H20N2O2S. The molecule has 1 aromatic carbocycles. The summed E-state index contributed by atoms with van der Waals surface area (Å²) in [5.74, 6) is 2.25. The van der Waals surface area contributed by atoms with Crippen molar-refractivity contribution >= 4 is 21.6 Å². The average molecular weight is 340 g/mol. The van der Waals surface area contributed by atoms with Crippen LogP contribution in [0.5, 0.6) is 5.75 Å². The number of H-pyrrole nitrogens is 1. The Balaban J connectivity index is 1.71. The van der Waals surface area contributed by atoms with E-state index in [9.17, 15) is 4.79 Å². The van der Waals surface area contributed by atoms with Crippen LogP contribution in [0.1, 0.15) is 35.2 Å². The van der Waals surface area contributed by atoms with Gasteiger partial charge < -0.3 is 9.72 Å². The largest absolute Gasteiger partial charge is 0.497 e. The van der Waals surface area contributed by atoms with Crippen LogP contribution in [0.4, 0.5) is 0 Å². The normalized spacial score (nSPS) is 17.0. The van der Waals surface area contributed by atoms with Crippen LogP contribution in [-0.2, 0) is 19.3 Å². The van der Waals surface area contributed by atoms with E-state index in [0.29, 0.717) is 12.3 Å². The molecule has 0 saturated heterocycles. The minimum atomic E-state index is 0.00978. The van der Waals surface area contributed by atoms with Crippen molar-refractivity contribution in [3.05, 3.63) is 56.4 Å². The molecule has 24 heavy (non-hydrogen) atoms. The van der Waals surface area contributed by atoms with Gasteiger partial charge >= 0.3 is 0 Å². The number of nitrogens with zero attached hydrogens (tertiary/aromatic N) is 1. The third-order valence-electron chi connectivity index (χ3n) is 4.75. The molecule has 2 heterocycles. The Morgan fingerprint density at radius 1 is 1.33 bits per heavy atom. The maximum Gasteiger partial charge on any atom is 0.259 e. The summed E-state index contributed by atoms with van der Waals surface area (Å²) < 4.78 is 5.18. The van der Waals surface area contributed by atoms with Crippen LogP contribution in [-0.4, -0.2) is 17.1 Å². The first-order valence-electron chi connectivity index (χ1n) is 8.30. The summed E-state index contributed by atoms with van der Waals surface area (Å²) in [6.07, 6.45) is 3.85. The first-order chi connectivity index (χ1) is 11.6. The number of aromatic nitrogens is 2. The number of hydrogen-bond donors (Lipinski definition) is 1. The van der Waals surface area contributed by atoms with Crippen LogP contribution in [0.25, 0.3) is 10.2 Å². The van der Waals surface area contributed by atoms with Gasteiger partial charge in [0, 0.05) is 11.3 Å². The van der Waals surface area contributed by atoms with Crippen molar-refractivity contribution in [2.24, 2.45) is 5.92 Å². The van der Waals surface area contributed by atoms with Gasteiger partial charge in [-0.25, -0.2) is 4.98 Å². The van der Waals surface area contributed by atoms with E-state index in [4.69, 9.17) is 9.72 Å². The molecular weight excluding hydrogens is 320 g/mol. The van der Waals surface area contributed by atoms with Crippen LogP contribution in [0.2, 0.25) is 0 Å². The molecule has 1 aliphatic carbocycles. The number of nitrogens with one attached hydrogen (secondary N) is 1. The third kappa shape index (κ3) is 2.73. The number of fused-ring (bicyclic) bond motifs is 3. The quantitative estimate of drug-likeness (QED) is 0.791. The van der Waals surface area contributed by atoms with Gasteiger partial charge in [0.1, 0.15) is 16.4 Å². The lowest BCUT2D eigenvalue weighted by atomic mass is 9.89. The standard InChI is InChI=1S/C19H20N2O2S/c1-11-3-8-14-15(9-11)24-19-17(14)18(22)20-16(21-19)10-12-4-6-13(23-2)7-5-12/h4-7,11H,3,8-10H2,1-2H3,(H,20,21,22). The van der Waals surface area contributed by atoms with Gasteiger partial charge in [0.15, 0.2) is 0 Å². The van der Waals surface area contributed by atoms with E-state index in [2.05, 4.69) is 11.9 Å². The van der Waals surface area contributed by atoms with Crippen LogP contribution in [0.15, 0.2) is 29.1 Å². The number of methoxy groups -OCH3 is 1. The van der Waals surface area contributed by atoms with Crippen LogP contribution in [0.3, 0.4) is 0 Å². The molecule has 1 aliphatic rings. The number of ether oxygens (including phenoxy) is 1. The van der Waals surface area contributed by atoms with Crippen molar-refractivity contribution in [1.82, 2.24) is 9.97 Å². The van der Waals surface area contributed by atoms with Gasteiger partial charge in [-0.1, -0.05) is 19.1 Å². The maximum atomic E-state index is 12.6. The Labute approximate surface area is 144 Å². The van der Waals surface area contributed by atoms with Crippen molar-refractivity contribution in [2.45, 2.75) is 32.6 Å². The molecule has 0 aliphatic heterocycles. The van der Waals surface area contributed by atoms with Gasteiger partial charge in [-0.3, -0.25) is 4.79 Å². The molecule has 0 bridgehead atoms. The van der Waals surface area contributed by atoms with Crippen molar-refractivity contribution in [3.8, 4) is 5.75 Å². The highest BCUT2D eigenvalue weighted by Gasteiger charge is 2.22. The molecule has 2 aromatic heterocycles. The van der Waals surface area contributed by atoms with Crippen molar-refractivity contribution in [1.29, 1.82) is 0 Å². The van der Waals surface area contributed by atoms with Gasteiger partial charge in [-0.2, -0.15) is 0 Å². The maximum absolute atomic E-state index is 12.6. The Kier molecular flexibility index (Phi) is 3.88. The molecule has 0 spiro atoms. The summed E-state index contributed by atoms with van der Waals surface area (Å²) in [6, 6.07) is 7.86. The van der Waals surface area contributed by atoms with Crippen LogP contribution in [0, 0.1) is 5.92 Å². The predicted octanol–water partition coefficient (Wildman–Crippen LogP) is 3.71. The zero-order valence-electron chi connectivity index (χ0n) is 13.9. The van der Waals surface area contributed by atoms with E-state index >= 15 is 0 Å². The minimum absolute atomic E-state index is 0.00978. The molecule has 0 saturated carbocycles. The Morgan fingerprint density at radius 2 is 2.12 bits per heavy atom. The molecule has 0 amide bonds. The van der Waals surface area contributed by atoms with Crippen molar-refractivity contribution < 1.29 is 4.74 Å². The minimum Gasteiger partial charge on any atom is -0.497 e. The fourth-order valence-corrected chi connectivity index (χ4v) is 4.82. The predicted molar refractivity (Wildman–Crippen MR) is 97.2 cm³/mol. The van der Waals surface area contributed by atoms with E-state index in [1.807, 2.05) is 24.3 Å². The monoisotopic (exact) mass is 340 g/mol. The molecule has 0 radical (unpaired) electrons. The summed E-state index contributed by atoms with van der Waals surface area (Å²) in [4.78, 5) is 22.6. The molecule has 4 nitrogen and oxygen atoms in total. The van der Waals surface area contributed by atoms with Gasteiger partial charge in [-0.05, 0) is 48.4 Å². The summed E-state index contributed by atoms with van der Waals surface area (Å²) in [7, 11) is 1.65. The number of aromatic amines is 1. The second-order valence-electron chi connectivity index (χ2n) is 6.57. The highest BCUT2D eigenvalue weighted by atomic mass is 32.1. The Hall–Kier alpha value is -2.14. The van der Waals surface area contributed by atoms with E-state index in [1.54, 1.807) is 18.4 Å². The zero-order valence-corrected chi connectivity index (χ0v) is 14.7. The van der Waals surface area contributed by atoms with E-state index in [1.165, 1.54) is 10.4 Å². The lowest BCUT2D eigenvalue weighted by molar-refractivity contribution is 0.414. The topological polar surface area (TPSA) is 55.0 Å².